The summed E-state index contributed by atoms with van der Waals surface area (Å²) in [5.41, 5.74) is 8.04. The maximum absolute atomic E-state index is 13.3. The first-order valence-electron chi connectivity index (χ1n) is 24.0. The third kappa shape index (κ3) is 22.3. The standard InChI is InChI=1S/C44H82N3O18P/c1-4-5-6-7-8-9-10-11-12-13-14-15-16-17-18-19-20-21-22-23-24-25-26-27-59-32(40(53)54)29-60-66(57,58)65-42-36(37(64-43(46)55)44(3,56)38(63-42)39(45)52)62-41-33(47-30(2)49)35(51)34(50)31(28-48)61-41/h31-38,41-42,48,50-51,56H,4-29H2,1-3H3,(H2,45,52)(H2,46,55)(H,47,49)(H,53,54)(H,57,58)/t31-,32-,33-,34-,35-,36-,37-,38-,41+,42-,44+/m1/s1. The van der Waals surface area contributed by atoms with Gasteiger partial charge in [0.25, 0.3) is 0 Å². The molecule has 0 aromatic heterocycles. The number of unbranched alkanes of at least 4 members (excludes halogenated alkanes) is 22. The monoisotopic (exact) mass is 972 g/mol. The van der Waals surface area contributed by atoms with Gasteiger partial charge >= 0.3 is 19.9 Å². The number of carbonyl (C=O) groups is 4. The molecule has 22 heteroatoms. The Bertz CT molecular complexity index is 1450. The number of amides is 3. The number of aliphatic hydroxyl groups is 4. The molecule has 2 saturated heterocycles. The Hall–Kier alpha value is -2.53. The molecule has 386 valence electrons. The van der Waals surface area contributed by atoms with Crippen molar-refractivity contribution in [1.29, 1.82) is 0 Å². The van der Waals surface area contributed by atoms with Crippen molar-refractivity contribution in [2.24, 2.45) is 11.5 Å². The predicted octanol–water partition coefficient (Wildman–Crippen LogP) is 4.34. The minimum Gasteiger partial charge on any atom is -0.479 e. The number of nitrogens with one attached hydrogen (secondary N) is 1. The highest BCUT2D eigenvalue weighted by Crippen LogP contribution is 2.48. The van der Waals surface area contributed by atoms with Gasteiger partial charge in [0, 0.05) is 13.5 Å². The van der Waals surface area contributed by atoms with Crippen molar-refractivity contribution in [3.8, 4) is 0 Å². The Morgan fingerprint density at radius 1 is 0.758 bits per heavy atom. The van der Waals surface area contributed by atoms with Crippen molar-refractivity contribution in [3.05, 3.63) is 0 Å². The van der Waals surface area contributed by atoms with E-state index >= 15 is 0 Å². The lowest BCUT2D eigenvalue weighted by molar-refractivity contribution is -0.352. The number of phosphoric ester groups is 1. The fourth-order valence-corrected chi connectivity index (χ4v) is 9.05. The van der Waals surface area contributed by atoms with Gasteiger partial charge in [-0.1, -0.05) is 148 Å². The van der Waals surface area contributed by atoms with E-state index in [-0.39, 0.29) is 6.61 Å². The van der Waals surface area contributed by atoms with Gasteiger partial charge in [-0.3, -0.25) is 18.6 Å². The van der Waals surface area contributed by atoms with Crippen LogP contribution < -0.4 is 16.8 Å². The number of hydrogen-bond donors (Lipinski definition) is 9. The quantitative estimate of drug-likeness (QED) is 0.0309. The third-order valence-corrected chi connectivity index (χ3v) is 12.9. The Morgan fingerprint density at radius 2 is 1.23 bits per heavy atom. The molecule has 12 atom stereocenters. The highest BCUT2D eigenvalue weighted by Gasteiger charge is 2.61. The van der Waals surface area contributed by atoms with Gasteiger partial charge in [-0.15, -0.1) is 0 Å². The van der Waals surface area contributed by atoms with Crippen LogP contribution in [0.15, 0.2) is 0 Å². The normalized spacial score (nSPS) is 28.0. The molecule has 0 saturated carbocycles. The van der Waals surface area contributed by atoms with Crippen LogP contribution in [-0.4, -0.2) is 141 Å². The lowest BCUT2D eigenvalue weighted by Gasteiger charge is -2.50. The average molecular weight is 972 g/mol. The zero-order valence-electron chi connectivity index (χ0n) is 39.3. The molecule has 0 aliphatic carbocycles. The summed E-state index contributed by atoms with van der Waals surface area (Å²) in [4.78, 5) is 59.2. The zero-order valence-corrected chi connectivity index (χ0v) is 40.2. The summed E-state index contributed by atoms with van der Waals surface area (Å²) >= 11 is 0. The molecule has 2 heterocycles. The molecule has 0 spiro atoms. The van der Waals surface area contributed by atoms with E-state index in [9.17, 15) is 54.2 Å². The third-order valence-electron chi connectivity index (χ3n) is 12.0. The van der Waals surface area contributed by atoms with Gasteiger partial charge in [0.1, 0.15) is 30.0 Å². The minimum absolute atomic E-state index is 0.00546. The molecule has 2 aliphatic heterocycles. The Morgan fingerprint density at radius 3 is 1.64 bits per heavy atom. The number of ether oxygens (including phenoxy) is 5. The summed E-state index contributed by atoms with van der Waals surface area (Å²) < 4.78 is 50.7. The zero-order chi connectivity index (χ0) is 49.1. The molecule has 3 amide bonds. The van der Waals surface area contributed by atoms with Gasteiger partial charge in [0.05, 0.1) is 13.2 Å². The van der Waals surface area contributed by atoms with Crippen LogP contribution in [0, 0.1) is 0 Å². The maximum Gasteiger partial charge on any atom is 0.474 e. The fourth-order valence-electron chi connectivity index (χ4n) is 8.23. The number of nitrogens with two attached hydrogens (primary N) is 2. The second-order valence-corrected chi connectivity index (χ2v) is 19.2. The first kappa shape index (κ1) is 59.6. The lowest BCUT2D eigenvalue weighted by atomic mass is 9.85. The Kier molecular flexibility index (Phi) is 29.2. The number of aliphatic carboxylic acids is 1. The van der Waals surface area contributed by atoms with Crippen LogP contribution in [0.3, 0.4) is 0 Å². The first-order valence-corrected chi connectivity index (χ1v) is 25.5. The summed E-state index contributed by atoms with van der Waals surface area (Å²) in [6.07, 6.45) is 9.14. The molecule has 2 rings (SSSR count). The number of hydrogen-bond acceptors (Lipinski definition) is 16. The number of carbonyl (C=O) groups excluding carboxylic acids is 3. The highest BCUT2D eigenvalue weighted by atomic mass is 31.2. The molecular formula is C44H82N3O18P. The topological polar surface area (TPSA) is 335 Å². The van der Waals surface area contributed by atoms with Crippen LogP contribution >= 0.6 is 7.82 Å². The van der Waals surface area contributed by atoms with E-state index in [1.807, 2.05) is 0 Å². The van der Waals surface area contributed by atoms with Crippen LogP contribution in [0.4, 0.5) is 4.79 Å². The summed E-state index contributed by atoms with van der Waals surface area (Å²) in [5, 5.41) is 54.4. The average Bonchev–Trinajstić information content (AvgIpc) is 3.24. The van der Waals surface area contributed by atoms with Crippen LogP contribution in [0.5, 0.6) is 0 Å². The van der Waals surface area contributed by atoms with Crippen LogP contribution in [0.25, 0.3) is 0 Å². The van der Waals surface area contributed by atoms with E-state index in [1.54, 1.807) is 0 Å². The molecule has 66 heavy (non-hydrogen) atoms. The molecule has 1 unspecified atom stereocenters. The molecule has 0 aromatic rings. The number of aliphatic hydroxyl groups excluding tert-OH is 3. The number of carboxylic acids is 1. The highest BCUT2D eigenvalue weighted by molar-refractivity contribution is 7.47. The van der Waals surface area contributed by atoms with Crippen LogP contribution in [-0.2, 0) is 51.7 Å². The van der Waals surface area contributed by atoms with Gasteiger partial charge in [0.15, 0.2) is 37.0 Å². The summed E-state index contributed by atoms with van der Waals surface area (Å²) in [5.74, 6) is -3.66. The summed E-state index contributed by atoms with van der Waals surface area (Å²) in [6, 6.07) is -1.64. The molecule has 0 bridgehead atoms. The van der Waals surface area contributed by atoms with Crippen molar-refractivity contribution >= 4 is 31.7 Å². The molecular weight excluding hydrogens is 889 g/mol. The van der Waals surface area contributed by atoms with Crippen LogP contribution in [0.2, 0.25) is 0 Å². The SMILES string of the molecule is CCCCCCCCCCCCCCCCCCCCCCCCCO[C@H](COP(=O)(O)O[C@H]1O[C@H](C(N)=O)[C@@](C)(O)[C@H](OC(N)=O)[C@H]1O[C@@H]1O[C@H](CO)[C@@H](O)[C@H](O)[C@H]1NC(C)=O)C(=O)O. The van der Waals surface area contributed by atoms with E-state index < -0.39 is 112 Å². The number of phosphoric acid groups is 1. The van der Waals surface area contributed by atoms with E-state index in [4.69, 9.17) is 44.2 Å². The van der Waals surface area contributed by atoms with Crippen molar-refractivity contribution in [2.45, 2.75) is 235 Å². The molecule has 11 N–H and O–H groups in total. The van der Waals surface area contributed by atoms with E-state index in [1.165, 1.54) is 116 Å². The van der Waals surface area contributed by atoms with Gasteiger partial charge in [0.2, 0.25) is 11.8 Å². The van der Waals surface area contributed by atoms with E-state index in [2.05, 4.69) is 12.2 Å². The van der Waals surface area contributed by atoms with Crippen molar-refractivity contribution in [3.63, 3.8) is 0 Å². The smallest absolute Gasteiger partial charge is 0.474 e. The summed E-state index contributed by atoms with van der Waals surface area (Å²) in [6.45, 7) is 2.32. The molecule has 2 aliphatic rings. The fraction of sp³-hybridized carbons (Fsp3) is 0.909. The number of rotatable bonds is 37. The lowest BCUT2D eigenvalue weighted by Crippen LogP contribution is -2.71. The summed E-state index contributed by atoms with van der Waals surface area (Å²) in [7, 11) is -5.46. The largest absolute Gasteiger partial charge is 0.479 e. The van der Waals surface area contributed by atoms with Crippen molar-refractivity contribution in [2.75, 3.05) is 19.8 Å². The second-order valence-electron chi connectivity index (χ2n) is 17.7. The van der Waals surface area contributed by atoms with Gasteiger partial charge < -0.3 is 70.9 Å². The van der Waals surface area contributed by atoms with E-state index in [0.717, 1.165) is 39.5 Å². The molecule has 0 aromatic carbocycles. The van der Waals surface area contributed by atoms with Gasteiger partial charge in [-0.25, -0.2) is 14.2 Å². The Labute approximate surface area is 389 Å². The van der Waals surface area contributed by atoms with Gasteiger partial charge in [-0.2, -0.15) is 0 Å². The molecule has 21 nitrogen and oxygen atoms in total. The Balaban J connectivity index is 1.81. The van der Waals surface area contributed by atoms with Crippen molar-refractivity contribution < 1.29 is 86.9 Å². The number of primary amides is 2. The maximum atomic E-state index is 13.3. The molecule has 0 radical (unpaired) electrons. The van der Waals surface area contributed by atoms with Crippen LogP contribution in [0.1, 0.15) is 168 Å². The predicted molar refractivity (Wildman–Crippen MR) is 239 cm³/mol. The second kappa shape index (κ2) is 32.3. The van der Waals surface area contributed by atoms with Crippen molar-refractivity contribution in [1.82, 2.24) is 5.32 Å². The van der Waals surface area contributed by atoms with E-state index in [0.29, 0.717) is 6.42 Å². The number of carboxylic acid groups (broad SMARTS) is 1. The minimum atomic E-state index is -5.46. The molecule has 2 fully saturated rings. The van der Waals surface area contributed by atoms with Gasteiger partial charge in [-0.05, 0) is 13.3 Å². The first-order chi connectivity index (χ1) is 31.4.